The molecule has 0 spiro atoms. The van der Waals surface area contributed by atoms with Crippen molar-refractivity contribution in [1.82, 2.24) is 0 Å². The summed E-state index contributed by atoms with van der Waals surface area (Å²) in [5.41, 5.74) is 3.70. The zero-order chi connectivity index (χ0) is 14.0. The summed E-state index contributed by atoms with van der Waals surface area (Å²) in [6.45, 7) is 4.30. The van der Waals surface area contributed by atoms with Gasteiger partial charge in [-0.05, 0) is 77.9 Å². The summed E-state index contributed by atoms with van der Waals surface area (Å²) >= 11 is 9.44. The molecule has 0 bridgehead atoms. The number of rotatable bonds is 3. The SMILES string of the molecule is Cc1cc(I)ccc1NC(C)c1ccc(Br)cc1Br. The average molecular weight is 495 g/mol. The highest BCUT2D eigenvalue weighted by Crippen LogP contribution is 2.30. The van der Waals surface area contributed by atoms with E-state index in [1.54, 1.807) is 0 Å². The van der Waals surface area contributed by atoms with E-state index in [0.717, 1.165) is 8.95 Å². The normalized spacial score (nSPS) is 12.3. The second-order valence-electron chi connectivity index (χ2n) is 4.49. The fourth-order valence-electron chi connectivity index (χ4n) is 1.95. The van der Waals surface area contributed by atoms with Crippen molar-refractivity contribution in [2.75, 3.05) is 5.32 Å². The summed E-state index contributed by atoms with van der Waals surface area (Å²) < 4.78 is 3.46. The minimum Gasteiger partial charge on any atom is -0.378 e. The van der Waals surface area contributed by atoms with Crippen molar-refractivity contribution in [3.63, 3.8) is 0 Å². The van der Waals surface area contributed by atoms with Gasteiger partial charge in [-0.3, -0.25) is 0 Å². The Bertz CT molecular complexity index is 599. The maximum Gasteiger partial charge on any atom is 0.0496 e. The van der Waals surface area contributed by atoms with Gasteiger partial charge >= 0.3 is 0 Å². The van der Waals surface area contributed by atoms with Crippen molar-refractivity contribution < 1.29 is 0 Å². The number of nitrogens with one attached hydrogen (secondary N) is 1. The summed E-state index contributed by atoms with van der Waals surface area (Å²) in [5.74, 6) is 0. The number of hydrogen-bond acceptors (Lipinski definition) is 1. The molecule has 1 atom stereocenters. The van der Waals surface area contributed by atoms with Gasteiger partial charge in [0.05, 0.1) is 0 Å². The van der Waals surface area contributed by atoms with E-state index in [2.05, 4.69) is 110 Å². The molecule has 0 aliphatic heterocycles. The van der Waals surface area contributed by atoms with Crippen LogP contribution < -0.4 is 5.32 Å². The predicted octanol–water partition coefficient (Wildman–Crippen LogP) is 6.30. The largest absolute Gasteiger partial charge is 0.378 e. The molecule has 0 aromatic heterocycles. The summed E-state index contributed by atoms with van der Waals surface area (Å²) in [5, 5.41) is 3.57. The van der Waals surface area contributed by atoms with Gasteiger partial charge in [-0.25, -0.2) is 0 Å². The molecule has 0 amide bonds. The lowest BCUT2D eigenvalue weighted by Crippen LogP contribution is -2.08. The Kier molecular flexibility index (Phi) is 5.31. The predicted molar refractivity (Wildman–Crippen MR) is 97.8 cm³/mol. The number of anilines is 1. The zero-order valence-corrected chi connectivity index (χ0v) is 16.0. The summed E-state index contributed by atoms with van der Waals surface area (Å²) in [6, 6.07) is 13.0. The van der Waals surface area contributed by atoms with Crippen LogP contribution in [0, 0.1) is 10.5 Å². The molecule has 100 valence electrons. The third-order valence-corrected chi connectivity index (χ3v) is 4.84. The molecule has 0 aliphatic carbocycles. The van der Waals surface area contributed by atoms with Gasteiger partial charge < -0.3 is 5.32 Å². The average Bonchev–Trinajstić information content (AvgIpc) is 2.32. The molecule has 2 rings (SSSR count). The van der Waals surface area contributed by atoms with E-state index in [-0.39, 0.29) is 6.04 Å². The molecule has 1 N–H and O–H groups in total. The van der Waals surface area contributed by atoms with Crippen LogP contribution in [-0.4, -0.2) is 0 Å². The molecule has 2 aromatic rings. The molecule has 0 aliphatic rings. The Morgan fingerprint density at radius 1 is 1.11 bits per heavy atom. The Morgan fingerprint density at radius 3 is 2.47 bits per heavy atom. The highest BCUT2D eigenvalue weighted by molar-refractivity contribution is 14.1. The fraction of sp³-hybridized carbons (Fsp3) is 0.200. The number of halogens is 3. The van der Waals surface area contributed by atoms with E-state index in [4.69, 9.17) is 0 Å². The van der Waals surface area contributed by atoms with Gasteiger partial charge in [0.15, 0.2) is 0 Å². The monoisotopic (exact) mass is 493 g/mol. The van der Waals surface area contributed by atoms with Gasteiger partial charge in [-0.2, -0.15) is 0 Å². The highest BCUT2D eigenvalue weighted by Gasteiger charge is 2.10. The maximum absolute atomic E-state index is 3.62. The van der Waals surface area contributed by atoms with Crippen LogP contribution in [0.2, 0.25) is 0 Å². The van der Waals surface area contributed by atoms with E-state index in [9.17, 15) is 0 Å². The first-order chi connectivity index (χ1) is 8.97. The van der Waals surface area contributed by atoms with Crippen LogP contribution in [0.15, 0.2) is 45.3 Å². The smallest absolute Gasteiger partial charge is 0.0496 e. The molecule has 2 aromatic carbocycles. The molecule has 19 heavy (non-hydrogen) atoms. The van der Waals surface area contributed by atoms with E-state index >= 15 is 0 Å². The summed E-state index contributed by atoms with van der Waals surface area (Å²) in [6.07, 6.45) is 0. The van der Waals surface area contributed by atoms with E-state index in [1.807, 2.05) is 0 Å². The maximum atomic E-state index is 3.62. The van der Waals surface area contributed by atoms with Crippen molar-refractivity contribution in [1.29, 1.82) is 0 Å². The molecule has 4 heteroatoms. The van der Waals surface area contributed by atoms with E-state index < -0.39 is 0 Å². The van der Waals surface area contributed by atoms with Gasteiger partial charge in [0, 0.05) is 24.2 Å². The number of aryl methyl sites for hydroxylation is 1. The molecule has 1 nitrogen and oxygen atoms in total. The molecule has 0 radical (unpaired) electrons. The van der Waals surface area contributed by atoms with Gasteiger partial charge in [-0.1, -0.05) is 37.9 Å². The van der Waals surface area contributed by atoms with Crippen molar-refractivity contribution in [2.45, 2.75) is 19.9 Å². The number of hydrogen-bond donors (Lipinski definition) is 1. The van der Waals surface area contributed by atoms with Crippen molar-refractivity contribution in [3.05, 3.63) is 60.0 Å². The van der Waals surface area contributed by atoms with Crippen LogP contribution in [0.5, 0.6) is 0 Å². The van der Waals surface area contributed by atoms with Crippen molar-refractivity contribution >= 4 is 60.1 Å². The molecule has 0 fully saturated rings. The Morgan fingerprint density at radius 2 is 1.84 bits per heavy atom. The first kappa shape index (κ1) is 15.3. The topological polar surface area (TPSA) is 12.0 Å². The van der Waals surface area contributed by atoms with Crippen LogP contribution in [0.4, 0.5) is 5.69 Å². The first-order valence-electron chi connectivity index (χ1n) is 5.95. The second-order valence-corrected chi connectivity index (χ2v) is 7.51. The second kappa shape index (κ2) is 6.59. The van der Waals surface area contributed by atoms with Crippen LogP contribution in [0.1, 0.15) is 24.1 Å². The fourth-order valence-corrected chi connectivity index (χ4v) is 3.99. The van der Waals surface area contributed by atoms with E-state index in [0.29, 0.717) is 0 Å². The Labute approximate surface area is 144 Å². The standard InChI is InChI=1S/C15H14Br2IN/c1-9-7-12(18)4-6-15(9)19-10(2)13-5-3-11(16)8-14(13)17/h3-8,10,19H,1-2H3. The van der Waals surface area contributed by atoms with Crippen LogP contribution in [-0.2, 0) is 0 Å². The van der Waals surface area contributed by atoms with Gasteiger partial charge in [0.1, 0.15) is 0 Å². The number of benzene rings is 2. The van der Waals surface area contributed by atoms with Crippen LogP contribution in [0.3, 0.4) is 0 Å². The van der Waals surface area contributed by atoms with Crippen LogP contribution >= 0.6 is 54.5 Å². The van der Waals surface area contributed by atoms with E-state index in [1.165, 1.54) is 20.4 Å². The third-order valence-electron chi connectivity index (χ3n) is 2.99. The van der Waals surface area contributed by atoms with Gasteiger partial charge in [0.2, 0.25) is 0 Å². The molecule has 1 unspecified atom stereocenters. The third kappa shape index (κ3) is 3.95. The first-order valence-corrected chi connectivity index (χ1v) is 8.61. The molecular weight excluding hydrogens is 481 g/mol. The molecule has 0 saturated heterocycles. The van der Waals surface area contributed by atoms with Crippen LogP contribution in [0.25, 0.3) is 0 Å². The summed E-state index contributed by atoms with van der Waals surface area (Å²) in [7, 11) is 0. The zero-order valence-electron chi connectivity index (χ0n) is 10.7. The van der Waals surface area contributed by atoms with Gasteiger partial charge in [0.25, 0.3) is 0 Å². The lowest BCUT2D eigenvalue weighted by molar-refractivity contribution is 0.876. The summed E-state index contributed by atoms with van der Waals surface area (Å²) in [4.78, 5) is 0. The lowest BCUT2D eigenvalue weighted by Gasteiger charge is -2.19. The molecule has 0 saturated carbocycles. The molecular formula is C15H14Br2IN. The molecule has 0 heterocycles. The van der Waals surface area contributed by atoms with Crippen molar-refractivity contribution in [3.8, 4) is 0 Å². The van der Waals surface area contributed by atoms with Crippen molar-refractivity contribution in [2.24, 2.45) is 0 Å². The quantitative estimate of drug-likeness (QED) is 0.494. The van der Waals surface area contributed by atoms with Gasteiger partial charge in [-0.15, -0.1) is 0 Å². The highest BCUT2D eigenvalue weighted by atomic mass is 127. The minimum atomic E-state index is 0.251. The Balaban J connectivity index is 2.23. The lowest BCUT2D eigenvalue weighted by atomic mass is 10.1. The minimum absolute atomic E-state index is 0.251. The Hall–Kier alpha value is -0.0700.